The Morgan fingerprint density at radius 1 is 1.35 bits per heavy atom. The van der Waals surface area contributed by atoms with E-state index in [0.29, 0.717) is 18.9 Å². The minimum Gasteiger partial charge on any atom is -0.481 e. The second-order valence-corrected chi connectivity index (χ2v) is 5.01. The summed E-state index contributed by atoms with van der Waals surface area (Å²) in [6.07, 6.45) is 0.938. The van der Waals surface area contributed by atoms with Gasteiger partial charge in [0.25, 0.3) is 0 Å². The molecule has 0 bridgehead atoms. The Balaban J connectivity index is 2.61. The number of carboxylic acids is 1. The molecule has 0 radical (unpaired) electrons. The lowest BCUT2D eigenvalue weighted by Crippen LogP contribution is -2.25. The molecule has 6 heteroatoms. The third kappa shape index (κ3) is 4.52. The van der Waals surface area contributed by atoms with E-state index < -0.39 is 29.3 Å². The first-order chi connectivity index (χ1) is 9.35. The molecule has 1 aromatic carbocycles. The van der Waals surface area contributed by atoms with Crippen molar-refractivity contribution in [3.63, 3.8) is 0 Å². The van der Waals surface area contributed by atoms with Crippen molar-refractivity contribution in [1.82, 2.24) is 0 Å². The lowest BCUT2D eigenvalue weighted by Gasteiger charge is -2.16. The number of carbonyl (C=O) groups is 1. The van der Waals surface area contributed by atoms with Crippen molar-refractivity contribution >= 4 is 5.97 Å². The van der Waals surface area contributed by atoms with E-state index in [2.05, 4.69) is 0 Å². The van der Waals surface area contributed by atoms with Crippen LogP contribution in [0, 0.1) is 29.3 Å². The van der Waals surface area contributed by atoms with E-state index in [1.165, 1.54) is 0 Å². The van der Waals surface area contributed by atoms with Crippen LogP contribution in [0.1, 0.15) is 25.3 Å². The van der Waals surface area contributed by atoms with Gasteiger partial charge in [-0.25, -0.2) is 13.2 Å². The molecule has 0 heterocycles. The second-order valence-electron chi connectivity index (χ2n) is 5.01. The van der Waals surface area contributed by atoms with E-state index in [1.54, 1.807) is 6.92 Å². The fraction of sp³-hybridized carbons (Fsp3) is 0.500. The van der Waals surface area contributed by atoms with Crippen LogP contribution in [-0.2, 0) is 11.2 Å². The van der Waals surface area contributed by atoms with Crippen molar-refractivity contribution in [2.45, 2.75) is 26.2 Å². The molecule has 0 saturated heterocycles. The predicted octanol–water partition coefficient (Wildman–Crippen LogP) is 2.72. The summed E-state index contributed by atoms with van der Waals surface area (Å²) in [7, 11) is 0. The van der Waals surface area contributed by atoms with E-state index in [9.17, 15) is 18.0 Å². The standard InChI is InChI=1S/C14H18F3NO2/c1-8(4-10(7-18)14(19)20)2-3-9-5-11(15)6-12(16)13(9)17/h5-6,8,10H,2-4,7,18H2,1H3,(H,19,20). The summed E-state index contributed by atoms with van der Waals surface area (Å²) in [5, 5.41) is 8.89. The predicted molar refractivity (Wildman–Crippen MR) is 68.6 cm³/mol. The number of halogens is 3. The molecular weight excluding hydrogens is 271 g/mol. The summed E-state index contributed by atoms with van der Waals surface area (Å²) < 4.78 is 39.5. The van der Waals surface area contributed by atoms with Crippen molar-refractivity contribution in [3.05, 3.63) is 35.1 Å². The largest absolute Gasteiger partial charge is 0.481 e. The number of aryl methyl sites for hydroxylation is 1. The van der Waals surface area contributed by atoms with Gasteiger partial charge in [-0.3, -0.25) is 4.79 Å². The van der Waals surface area contributed by atoms with Crippen LogP contribution < -0.4 is 5.73 Å². The summed E-state index contributed by atoms with van der Waals surface area (Å²) in [5.41, 5.74) is 5.32. The molecular formula is C14H18F3NO2. The van der Waals surface area contributed by atoms with E-state index in [1.807, 2.05) is 0 Å². The Hall–Kier alpha value is -1.56. The van der Waals surface area contributed by atoms with Crippen molar-refractivity contribution in [1.29, 1.82) is 0 Å². The van der Waals surface area contributed by atoms with Gasteiger partial charge in [0, 0.05) is 12.6 Å². The van der Waals surface area contributed by atoms with Gasteiger partial charge >= 0.3 is 5.97 Å². The monoisotopic (exact) mass is 289 g/mol. The zero-order chi connectivity index (χ0) is 15.3. The SMILES string of the molecule is CC(CCc1cc(F)cc(F)c1F)CC(CN)C(=O)O. The van der Waals surface area contributed by atoms with Crippen molar-refractivity contribution in [2.24, 2.45) is 17.6 Å². The van der Waals surface area contributed by atoms with E-state index in [-0.39, 0.29) is 24.4 Å². The number of benzene rings is 1. The lowest BCUT2D eigenvalue weighted by molar-refractivity contribution is -0.141. The number of carboxylic acid groups (broad SMARTS) is 1. The molecule has 3 nitrogen and oxygen atoms in total. The zero-order valence-corrected chi connectivity index (χ0v) is 11.2. The maximum atomic E-state index is 13.4. The Bertz CT molecular complexity index is 480. The van der Waals surface area contributed by atoms with Crippen molar-refractivity contribution < 1.29 is 23.1 Å². The highest BCUT2D eigenvalue weighted by Gasteiger charge is 2.19. The molecule has 112 valence electrons. The topological polar surface area (TPSA) is 63.3 Å². The zero-order valence-electron chi connectivity index (χ0n) is 11.2. The molecule has 0 aliphatic heterocycles. The van der Waals surface area contributed by atoms with Gasteiger partial charge in [-0.05, 0) is 36.8 Å². The Morgan fingerprint density at radius 2 is 2.00 bits per heavy atom. The number of hydrogen-bond acceptors (Lipinski definition) is 2. The van der Waals surface area contributed by atoms with Crippen LogP contribution in [0.2, 0.25) is 0 Å². The molecule has 0 spiro atoms. The van der Waals surface area contributed by atoms with Crippen LogP contribution in [0.15, 0.2) is 12.1 Å². The second kappa shape index (κ2) is 7.28. The van der Waals surface area contributed by atoms with Crippen LogP contribution in [0.3, 0.4) is 0 Å². The maximum Gasteiger partial charge on any atom is 0.307 e. The lowest BCUT2D eigenvalue weighted by atomic mass is 9.91. The molecule has 1 aromatic rings. The number of rotatable bonds is 7. The normalized spacial score (nSPS) is 14.1. The summed E-state index contributed by atoms with van der Waals surface area (Å²) >= 11 is 0. The summed E-state index contributed by atoms with van der Waals surface area (Å²) in [4.78, 5) is 10.8. The van der Waals surface area contributed by atoms with Crippen LogP contribution in [-0.4, -0.2) is 17.6 Å². The highest BCUT2D eigenvalue weighted by molar-refractivity contribution is 5.70. The molecule has 0 aromatic heterocycles. The van der Waals surface area contributed by atoms with Gasteiger partial charge in [0.05, 0.1) is 5.92 Å². The van der Waals surface area contributed by atoms with Crippen LogP contribution in [0.25, 0.3) is 0 Å². The van der Waals surface area contributed by atoms with Crippen LogP contribution >= 0.6 is 0 Å². The Morgan fingerprint density at radius 3 is 2.55 bits per heavy atom. The Kier molecular flexibility index (Phi) is 6.01. The van der Waals surface area contributed by atoms with Gasteiger partial charge in [0.1, 0.15) is 5.82 Å². The number of aliphatic carboxylic acids is 1. The summed E-state index contributed by atoms with van der Waals surface area (Å²) in [6.45, 7) is 1.84. The highest BCUT2D eigenvalue weighted by Crippen LogP contribution is 2.21. The van der Waals surface area contributed by atoms with Crippen molar-refractivity contribution in [2.75, 3.05) is 6.54 Å². The maximum absolute atomic E-state index is 13.4. The van der Waals surface area contributed by atoms with E-state index >= 15 is 0 Å². The molecule has 0 aliphatic rings. The first kappa shape index (κ1) is 16.5. The smallest absolute Gasteiger partial charge is 0.307 e. The van der Waals surface area contributed by atoms with Gasteiger partial charge in [0.2, 0.25) is 0 Å². The minimum absolute atomic E-state index is 0.0304. The summed E-state index contributed by atoms with van der Waals surface area (Å²) in [6, 6.07) is 1.46. The average molecular weight is 289 g/mol. The van der Waals surface area contributed by atoms with Gasteiger partial charge in [-0.1, -0.05) is 6.92 Å². The first-order valence-corrected chi connectivity index (χ1v) is 6.41. The van der Waals surface area contributed by atoms with Crippen LogP contribution in [0.5, 0.6) is 0 Å². The molecule has 0 aliphatic carbocycles. The highest BCUT2D eigenvalue weighted by atomic mass is 19.2. The third-order valence-electron chi connectivity index (χ3n) is 3.30. The Labute approximate surface area is 115 Å². The van der Waals surface area contributed by atoms with Gasteiger partial charge < -0.3 is 10.8 Å². The molecule has 3 N–H and O–H groups in total. The molecule has 0 saturated carbocycles. The molecule has 0 fully saturated rings. The summed E-state index contributed by atoms with van der Waals surface area (Å²) in [5.74, 6) is -4.74. The van der Waals surface area contributed by atoms with E-state index in [0.717, 1.165) is 6.07 Å². The van der Waals surface area contributed by atoms with Gasteiger partial charge in [-0.2, -0.15) is 0 Å². The molecule has 20 heavy (non-hydrogen) atoms. The molecule has 2 atom stereocenters. The minimum atomic E-state index is -1.21. The number of hydrogen-bond donors (Lipinski definition) is 2. The number of nitrogens with two attached hydrogens (primary N) is 1. The molecule has 1 rings (SSSR count). The quantitative estimate of drug-likeness (QED) is 0.759. The van der Waals surface area contributed by atoms with Gasteiger partial charge in [-0.15, -0.1) is 0 Å². The first-order valence-electron chi connectivity index (χ1n) is 6.41. The van der Waals surface area contributed by atoms with Gasteiger partial charge in [0.15, 0.2) is 11.6 Å². The average Bonchev–Trinajstić information content (AvgIpc) is 2.38. The van der Waals surface area contributed by atoms with Crippen molar-refractivity contribution in [3.8, 4) is 0 Å². The van der Waals surface area contributed by atoms with E-state index in [4.69, 9.17) is 10.8 Å². The molecule has 0 amide bonds. The fourth-order valence-electron chi connectivity index (χ4n) is 2.09. The fourth-order valence-corrected chi connectivity index (χ4v) is 2.09. The third-order valence-corrected chi connectivity index (χ3v) is 3.30. The molecule has 2 unspecified atom stereocenters. The van der Waals surface area contributed by atoms with Crippen LogP contribution in [0.4, 0.5) is 13.2 Å².